The molecule has 0 bridgehead atoms. The molecule has 28 heavy (non-hydrogen) atoms. The average Bonchev–Trinajstić information content (AvgIpc) is 3.20. The molecule has 0 unspecified atom stereocenters. The molecular formula is C27H15Cl. The molecule has 7 rings (SSSR count). The normalized spacial score (nSPS) is 14.9. The summed E-state index contributed by atoms with van der Waals surface area (Å²) in [6.07, 6.45) is 0. The van der Waals surface area contributed by atoms with Crippen LogP contribution >= 0.6 is 11.6 Å². The maximum Gasteiger partial charge on any atom is 0.0726 e. The number of rotatable bonds is 0. The van der Waals surface area contributed by atoms with E-state index in [1.807, 2.05) is 6.07 Å². The zero-order valence-corrected chi connectivity index (χ0v) is 15.8. The van der Waals surface area contributed by atoms with Gasteiger partial charge in [0.15, 0.2) is 0 Å². The Kier molecular flexibility index (Phi) is 2.58. The lowest BCUT2D eigenvalue weighted by atomic mass is 9.70. The first-order valence-corrected chi connectivity index (χ1v) is 10.0. The van der Waals surface area contributed by atoms with Gasteiger partial charge >= 0.3 is 0 Å². The van der Waals surface area contributed by atoms with E-state index in [0.717, 1.165) is 5.02 Å². The highest BCUT2D eigenvalue weighted by Gasteiger charge is 2.50. The SMILES string of the molecule is Clc1ccc2c(c1)C1(c3ccccc3-2)c2cccc3ccc4cccc1c4c23. The molecule has 0 heterocycles. The third kappa shape index (κ3) is 1.49. The summed E-state index contributed by atoms with van der Waals surface area (Å²) in [6.45, 7) is 0. The number of benzene rings is 5. The number of hydrogen-bond acceptors (Lipinski definition) is 0. The monoisotopic (exact) mass is 374 g/mol. The van der Waals surface area contributed by atoms with Crippen molar-refractivity contribution >= 4 is 33.1 Å². The molecule has 5 aromatic rings. The molecule has 0 fully saturated rings. The maximum absolute atomic E-state index is 6.54. The Balaban J connectivity index is 1.81. The van der Waals surface area contributed by atoms with Crippen LogP contribution in [0.15, 0.2) is 91.0 Å². The summed E-state index contributed by atoms with van der Waals surface area (Å²) in [5, 5.41) is 6.18. The summed E-state index contributed by atoms with van der Waals surface area (Å²) in [4.78, 5) is 0. The van der Waals surface area contributed by atoms with E-state index in [2.05, 4.69) is 84.9 Å². The zero-order chi connectivity index (χ0) is 18.5. The van der Waals surface area contributed by atoms with E-state index >= 15 is 0 Å². The van der Waals surface area contributed by atoms with E-state index in [1.165, 1.54) is 54.9 Å². The fourth-order valence-electron chi connectivity index (χ4n) is 5.76. The Morgan fingerprint density at radius 1 is 0.500 bits per heavy atom. The minimum absolute atomic E-state index is 0.292. The van der Waals surface area contributed by atoms with Crippen molar-refractivity contribution in [2.45, 2.75) is 5.41 Å². The zero-order valence-electron chi connectivity index (χ0n) is 15.0. The van der Waals surface area contributed by atoms with Crippen molar-refractivity contribution in [1.82, 2.24) is 0 Å². The minimum Gasteiger partial charge on any atom is -0.0843 e. The molecule has 0 radical (unpaired) electrons. The third-order valence-electron chi connectivity index (χ3n) is 6.70. The van der Waals surface area contributed by atoms with Crippen LogP contribution in [0.3, 0.4) is 0 Å². The Hall–Kier alpha value is -3.09. The Labute approximate surface area is 168 Å². The van der Waals surface area contributed by atoms with Crippen LogP contribution in [0.4, 0.5) is 0 Å². The van der Waals surface area contributed by atoms with Crippen molar-refractivity contribution in [3.05, 3.63) is 118 Å². The number of fused-ring (bicyclic) bond motifs is 7. The molecule has 0 atom stereocenters. The second-order valence-corrected chi connectivity index (χ2v) is 8.29. The molecule has 2 aliphatic carbocycles. The summed E-state index contributed by atoms with van der Waals surface area (Å²) < 4.78 is 0. The molecule has 0 aliphatic heterocycles. The van der Waals surface area contributed by atoms with E-state index in [4.69, 9.17) is 11.6 Å². The van der Waals surface area contributed by atoms with Crippen molar-refractivity contribution in [3.8, 4) is 11.1 Å². The fraction of sp³-hybridized carbons (Fsp3) is 0.0370. The van der Waals surface area contributed by atoms with Gasteiger partial charge in [-0.2, -0.15) is 0 Å². The van der Waals surface area contributed by atoms with Crippen LogP contribution in [-0.2, 0) is 5.41 Å². The van der Waals surface area contributed by atoms with Crippen LogP contribution in [0.2, 0.25) is 5.02 Å². The summed E-state index contributed by atoms with van der Waals surface area (Å²) >= 11 is 6.54. The minimum atomic E-state index is -0.292. The van der Waals surface area contributed by atoms with Crippen LogP contribution in [0.5, 0.6) is 0 Å². The fourth-order valence-corrected chi connectivity index (χ4v) is 5.93. The van der Waals surface area contributed by atoms with E-state index in [1.54, 1.807) is 0 Å². The highest BCUT2D eigenvalue weighted by atomic mass is 35.5. The van der Waals surface area contributed by atoms with E-state index < -0.39 is 0 Å². The first kappa shape index (κ1) is 14.9. The second kappa shape index (κ2) is 4.84. The molecule has 0 saturated heterocycles. The second-order valence-electron chi connectivity index (χ2n) is 7.86. The lowest BCUT2D eigenvalue weighted by molar-refractivity contribution is 0.797. The highest BCUT2D eigenvalue weighted by Crippen LogP contribution is 2.62. The van der Waals surface area contributed by atoms with E-state index in [0.29, 0.717) is 0 Å². The first-order valence-electron chi connectivity index (χ1n) is 9.65. The van der Waals surface area contributed by atoms with Crippen LogP contribution < -0.4 is 0 Å². The van der Waals surface area contributed by atoms with Gasteiger partial charge in [-0.15, -0.1) is 0 Å². The molecule has 130 valence electrons. The molecule has 0 N–H and O–H groups in total. The molecule has 0 amide bonds. The lowest BCUT2D eigenvalue weighted by Crippen LogP contribution is -2.26. The van der Waals surface area contributed by atoms with Gasteiger partial charge in [0.2, 0.25) is 0 Å². The number of halogens is 1. The van der Waals surface area contributed by atoms with Crippen molar-refractivity contribution < 1.29 is 0 Å². The predicted octanol–water partition coefficient (Wildman–Crippen LogP) is 7.32. The number of hydrogen-bond donors (Lipinski definition) is 0. The molecule has 1 spiro atoms. The van der Waals surface area contributed by atoms with Crippen molar-refractivity contribution in [3.63, 3.8) is 0 Å². The Morgan fingerprint density at radius 2 is 1.11 bits per heavy atom. The summed E-state index contributed by atoms with van der Waals surface area (Å²) in [5.74, 6) is 0. The topological polar surface area (TPSA) is 0 Å². The summed E-state index contributed by atoms with van der Waals surface area (Å²) in [6, 6.07) is 33.2. The van der Waals surface area contributed by atoms with Gasteiger partial charge in [0.05, 0.1) is 5.41 Å². The summed E-state index contributed by atoms with van der Waals surface area (Å²) in [5.41, 5.74) is 7.74. The van der Waals surface area contributed by atoms with Gasteiger partial charge in [-0.05, 0) is 67.1 Å². The van der Waals surface area contributed by atoms with Crippen LogP contribution in [-0.4, -0.2) is 0 Å². The van der Waals surface area contributed by atoms with Gasteiger partial charge in [0.25, 0.3) is 0 Å². The molecule has 2 aliphatic rings. The third-order valence-corrected chi connectivity index (χ3v) is 6.94. The molecule has 5 aromatic carbocycles. The molecule has 1 heteroatoms. The van der Waals surface area contributed by atoms with Gasteiger partial charge in [0, 0.05) is 5.02 Å². The molecule has 0 saturated carbocycles. The largest absolute Gasteiger partial charge is 0.0843 e. The van der Waals surface area contributed by atoms with Gasteiger partial charge in [-0.25, -0.2) is 0 Å². The van der Waals surface area contributed by atoms with Crippen LogP contribution in [0, 0.1) is 0 Å². The van der Waals surface area contributed by atoms with Crippen LogP contribution in [0.1, 0.15) is 22.3 Å². The maximum atomic E-state index is 6.54. The smallest absolute Gasteiger partial charge is 0.0726 e. The van der Waals surface area contributed by atoms with E-state index in [9.17, 15) is 0 Å². The molecular weight excluding hydrogens is 360 g/mol. The van der Waals surface area contributed by atoms with Crippen molar-refractivity contribution in [1.29, 1.82) is 0 Å². The summed E-state index contributed by atoms with van der Waals surface area (Å²) in [7, 11) is 0. The van der Waals surface area contributed by atoms with Gasteiger partial charge in [-0.3, -0.25) is 0 Å². The standard InChI is InChI=1S/C27H15Cl/c28-18-13-14-20-19-7-1-2-8-21(19)27(24(20)15-18)22-9-3-5-16-11-12-17-6-4-10-23(27)26(17)25(16)22/h1-15H. The molecule has 0 nitrogen and oxygen atoms in total. The predicted molar refractivity (Wildman–Crippen MR) is 117 cm³/mol. The van der Waals surface area contributed by atoms with Gasteiger partial charge in [-0.1, -0.05) is 90.5 Å². The lowest BCUT2D eigenvalue weighted by Gasteiger charge is -2.30. The Morgan fingerprint density at radius 3 is 1.82 bits per heavy atom. The van der Waals surface area contributed by atoms with Crippen LogP contribution in [0.25, 0.3) is 32.7 Å². The van der Waals surface area contributed by atoms with Gasteiger partial charge < -0.3 is 0 Å². The van der Waals surface area contributed by atoms with Crippen molar-refractivity contribution in [2.24, 2.45) is 0 Å². The van der Waals surface area contributed by atoms with E-state index in [-0.39, 0.29) is 5.41 Å². The van der Waals surface area contributed by atoms with Gasteiger partial charge in [0.1, 0.15) is 0 Å². The average molecular weight is 375 g/mol. The first-order chi connectivity index (χ1) is 13.8. The Bertz CT molecular complexity index is 1410. The quantitative estimate of drug-likeness (QED) is 0.244. The van der Waals surface area contributed by atoms with Crippen molar-refractivity contribution in [2.75, 3.05) is 0 Å². The highest BCUT2D eigenvalue weighted by molar-refractivity contribution is 6.31. The molecule has 0 aromatic heterocycles.